The fourth-order valence-corrected chi connectivity index (χ4v) is 2.92. The minimum absolute atomic E-state index is 0.0748. The number of hydrogen-bond donors (Lipinski definition) is 1. The van der Waals surface area contributed by atoms with Crippen molar-refractivity contribution >= 4 is 35.0 Å². The SMILES string of the molecule is CC(C)C1Sc2cc(Cl)c(F)cc2NC1=O. The van der Waals surface area contributed by atoms with E-state index in [0.29, 0.717) is 5.69 Å². The Bertz CT molecular complexity index is 450. The van der Waals surface area contributed by atoms with Crippen LogP contribution in [0, 0.1) is 11.7 Å². The average Bonchev–Trinajstić information content (AvgIpc) is 2.19. The molecule has 0 bridgehead atoms. The Labute approximate surface area is 103 Å². The normalized spacial score (nSPS) is 19.6. The highest BCUT2D eigenvalue weighted by Crippen LogP contribution is 2.40. The second kappa shape index (κ2) is 4.26. The zero-order valence-electron chi connectivity index (χ0n) is 8.88. The average molecular weight is 260 g/mol. The minimum Gasteiger partial charge on any atom is -0.324 e. The highest BCUT2D eigenvalue weighted by molar-refractivity contribution is 8.01. The van der Waals surface area contributed by atoms with Crippen molar-refractivity contribution < 1.29 is 9.18 Å². The summed E-state index contributed by atoms with van der Waals surface area (Å²) in [6.07, 6.45) is 0. The van der Waals surface area contributed by atoms with Crippen molar-refractivity contribution in [3.8, 4) is 0 Å². The van der Waals surface area contributed by atoms with Gasteiger partial charge in [0.25, 0.3) is 0 Å². The van der Waals surface area contributed by atoms with Gasteiger partial charge in [0.15, 0.2) is 0 Å². The van der Waals surface area contributed by atoms with Crippen LogP contribution in [0.5, 0.6) is 0 Å². The van der Waals surface area contributed by atoms with Crippen molar-refractivity contribution in [2.45, 2.75) is 24.0 Å². The first-order valence-corrected chi connectivity index (χ1v) is 6.21. The van der Waals surface area contributed by atoms with Crippen LogP contribution in [-0.4, -0.2) is 11.2 Å². The Kier molecular flexibility index (Phi) is 3.13. The summed E-state index contributed by atoms with van der Waals surface area (Å²) in [4.78, 5) is 12.5. The second-order valence-electron chi connectivity index (χ2n) is 4.03. The molecule has 1 aliphatic rings. The largest absolute Gasteiger partial charge is 0.324 e. The van der Waals surface area contributed by atoms with E-state index >= 15 is 0 Å². The van der Waals surface area contributed by atoms with Gasteiger partial charge in [0, 0.05) is 11.0 Å². The molecule has 1 atom stereocenters. The Hall–Kier alpha value is -0.740. The molecule has 0 spiro atoms. The monoisotopic (exact) mass is 259 g/mol. The van der Waals surface area contributed by atoms with Crippen LogP contribution in [0.1, 0.15) is 13.8 Å². The molecule has 1 N–H and O–H groups in total. The Balaban J connectivity index is 2.39. The Morgan fingerprint density at radius 1 is 1.50 bits per heavy atom. The van der Waals surface area contributed by atoms with Crippen LogP contribution < -0.4 is 5.32 Å². The maximum absolute atomic E-state index is 13.2. The van der Waals surface area contributed by atoms with E-state index in [-0.39, 0.29) is 22.1 Å². The molecule has 16 heavy (non-hydrogen) atoms. The topological polar surface area (TPSA) is 29.1 Å². The lowest BCUT2D eigenvalue weighted by Crippen LogP contribution is -2.32. The molecule has 1 aromatic rings. The maximum atomic E-state index is 13.2. The maximum Gasteiger partial charge on any atom is 0.238 e. The van der Waals surface area contributed by atoms with Gasteiger partial charge in [-0.25, -0.2) is 4.39 Å². The highest BCUT2D eigenvalue weighted by atomic mass is 35.5. The standard InChI is InChI=1S/C11H11ClFNOS/c1-5(2)10-11(15)14-8-4-7(13)6(12)3-9(8)16-10/h3-5,10H,1-2H3,(H,14,15). The number of nitrogens with one attached hydrogen (secondary N) is 1. The number of halogens is 2. The van der Waals surface area contributed by atoms with E-state index in [4.69, 9.17) is 11.6 Å². The van der Waals surface area contributed by atoms with Crippen LogP contribution in [0.3, 0.4) is 0 Å². The molecule has 0 saturated carbocycles. The molecule has 5 heteroatoms. The number of thioether (sulfide) groups is 1. The smallest absolute Gasteiger partial charge is 0.238 e. The van der Waals surface area contributed by atoms with Gasteiger partial charge >= 0.3 is 0 Å². The molecule has 0 fully saturated rings. The fourth-order valence-electron chi connectivity index (χ4n) is 1.56. The lowest BCUT2D eigenvalue weighted by molar-refractivity contribution is -0.116. The number of carbonyl (C=O) groups excluding carboxylic acids is 1. The summed E-state index contributed by atoms with van der Waals surface area (Å²) in [6, 6.07) is 2.82. The molecule has 1 aromatic carbocycles. The molecule has 0 saturated heterocycles. The lowest BCUT2D eigenvalue weighted by Gasteiger charge is -2.26. The number of rotatable bonds is 1. The number of fused-ring (bicyclic) bond motifs is 1. The van der Waals surface area contributed by atoms with Crippen LogP contribution in [0.2, 0.25) is 5.02 Å². The summed E-state index contributed by atoms with van der Waals surface area (Å²) >= 11 is 7.14. The van der Waals surface area contributed by atoms with Crippen LogP contribution in [0.25, 0.3) is 0 Å². The molecule has 2 nitrogen and oxygen atoms in total. The van der Waals surface area contributed by atoms with Gasteiger partial charge in [-0.15, -0.1) is 11.8 Å². The van der Waals surface area contributed by atoms with Crippen LogP contribution in [0.15, 0.2) is 17.0 Å². The lowest BCUT2D eigenvalue weighted by atomic mass is 10.1. The first-order chi connectivity index (χ1) is 7.49. The van der Waals surface area contributed by atoms with E-state index < -0.39 is 5.82 Å². The van der Waals surface area contributed by atoms with Crippen LogP contribution >= 0.6 is 23.4 Å². The van der Waals surface area contributed by atoms with Crippen LogP contribution in [-0.2, 0) is 4.79 Å². The summed E-state index contributed by atoms with van der Waals surface area (Å²) < 4.78 is 13.2. The second-order valence-corrected chi connectivity index (χ2v) is 5.62. The third-order valence-corrected chi connectivity index (χ3v) is 4.29. The van der Waals surface area contributed by atoms with Gasteiger partial charge in [0.1, 0.15) is 5.82 Å². The molecule has 1 aliphatic heterocycles. The van der Waals surface area contributed by atoms with Gasteiger partial charge in [0.05, 0.1) is 16.0 Å². The molecule has 1 unspecified atom stereocenters. The van der Waals surface area contributed by atoms with E-state index in [1.807, 2.05) is 13.8 Å². The van der Waals surface area contributed by atoms with Crippen LogP contribution in [0.4, 0.5) is 10.1 Å². The zero-order valence-corrected chi connectivity index (χ0v) is 10.5. The molecular weight excluding hydrogens is 249 g/mol. The van der Waals surface area contributed by atoms with E-state index in [1.54, 1.807) is 6.07 Å². The van der Waals surface area contributed by atoms with Crippen molar-refractivity contribution in [3.63, 3.8) is 0 Å². The molecule has 1 amide bonds. The number of carbonyl (C=O) groups is 1. The van der Waals surface area contributed by atoms with Gasteiger partial charge in [-0.3, -0.25) is 4.79 Å². The van der Waals surface area contributed by atoms with Gasteiger partial charge in [0.2, 0.25) is 5.91 Å². The summed E-state index contributed by atoms with van der Waals surface area (Å²) in [5, 5.41) is 2.64. The number of benzene rings is 1. The Morgan fingerprint density at radius 3 is 2.81 bits per heavy atom. The van der Waals surface area contributed by atoms with Crippen molar-refractivity contribution in [1.82, 2.24) is 0 Å². The van der Waals surface area contributed by atoms with E-state index in [2.05, 4.69) is 5.32 Å². The molecule has 0 radical (unpaired) electrons. The zero-order chi connectivity index (χ0) is 11.9. The van der Waals surface area contributed by atoms with Gasteiger partial charge in [-0.2, -0.15) is 0 Å². The molecular formula is C11H11ClFNOS. The fraction of sp³-hybridized carbons (Fsp3) is 0.364. The summed E-state index contributed by atoms with van der Waals surface area (Å²) in [5.74, 6) is -0.361. The van der Waals surface area contributed by atoms with Gasteiger partial charge in [-0.05, 0) is 12.0 Å². The predicted molar refractivity (Wildman–Crippen MR) is 64.5 cm³/mol. The Morgan fingerprint density at radius 2 is 2.19 bits per heavy atom. The number of anilines is 1. The third-order valence-electron chi connectivity index (χ3n) is 2.40. The van der Waals surface area contributed by atoms with Gasteiger partial charge < -0.3 is 5.32 Å². The minimum atomic E-state index is -0.510. The van der Waals surface area contributed by atoms with Crippen molar-refractivity contribution in [1.29, 1.82) is 0 Å². The molecule has 0 aliphatic carbocycles. The van der Waals surface area contributed by atoms with Crippen molar-refractivity contribution in [3.05, 3.63) is 23.0 Å². The third kappa shape index (κ3) is 2.04. The first-order valence-electron chi connectivity index (χ1n) is 4.95. The first kappa shape index (κ1) is 11.7. The van der Waals surface area contributed by atoms with Crippen molar-refractivity contribution in [2.75, 3.05) is 5.32 Å². The summed E-state index contributed by atoms with van der Waals surface area (Å²) in [6.45, 7) is 3.96. The van der Waals surface area contributed by atoms with Crippen molar-refractivity contribution in [2.24, 2.45) is 5.92 Å². The number of amides is 1. The summed E-state index contributed by atoms with van der Waals surface area (Å²) in [5.41, 5.74) is 0.508. The predicted octanol–water partition coefficient (Wildman–Crippen LogP) is 3.55. The van der Waals surface area contributed by atoms with E-state index in [1.165, 1.54) is 17.8 Å². The van der Waals surface area contributed by atoms with Gasteiger partial charge in [-0.1, -0.05) is 25.4 Å². The molecule has 86 valence electrons. The molecule has 0 aromatic heterocycles. The van der Waals surface area contributed by atoms with E-state index in [0.717, 1.165) is 4.90 Å². The quantitative estimate of drug-likeness (QED) is 0.836. The number of hydrogen-bond acceptors (Lipinski definition) is 2. The van der Waals surface area contributed by atoms with E-state index in [9.17, 15) is 9.18 Å². The highest BCUT2D eigenvalue weighted by Gasteiger charge is 2.30. The summed E-state index contributed by atoms with van der Waals surface area (Å²) in [7, 11) is 0. The molecule has 2 rings (SSSR count). The molecule has 1 heterocycles.